The normalized spacial score (nSPS) is 11.6. The number of rotatable bonds is 6. The van der Waals surface area contributed by atoms with Gasteiger partial charge in [0.05, 0.1) is 13.2 Å². The van der Waals surface area contributed by atoms with Crippen LogP contribution < -0.4 is 0 Å². The van der Waals surface area contributed by atoms with Crippen LogP contribution in [0.3, 0.4) is 0 Å². The van der Waals surface area contributed by atoms with Crippen LogP contribution in [0.2, 0.25) is 5.02 Å². The monoisotopic (exact) mass is 290 g/mol. The van der Waals surface area contributed by atoms with Gasteiger partial charge < -0.3 is 10.2 Å². The third-order valence-electron chi connectivity index (χ3n) is 3.56. The Morgan fingerprint density at radius 1 is 0.800 bits per heavy atom. The highest BCUT2D eigenvalue weighted by Gasteiger charge is 2.29. The molecule has 0 heterocycles. The zero-order chi connectivity index (χ0) is 14.4. The predicted octanol–water partition coefficient (Wildman–Crippen LogP) is 3.10. The molecule has 2 nitrogen and oxygen atoms in total. The van der Waals surface area contributed by atoms with E-state index in [0.29, 0.717) is 17.9 Å². The molecule has 0 aliphatic heterocycles. The summed E-state index contributed by atoms with van der Waals surface area (Å²) in [6.07, 6.45) is 1.23. The van der Waals surface area contributed by atoms with Gasteiger partial charge in [-0.3, -0.25) is 0 Å². The SMILES string of the molecule is OCC(CO)(Cc1ccccc1)Cc1cccc(Cl)c1. The molecule has 0 amide bonds. The minimum absolute atomic E-state index is 0.0646. The van der Waals surface area contributed by atoms with Crippen molar-refractivity contribution in [3.05, 3.63) is 70.7 Å². The maximum absolute atomic E-state index is 9.78. The number of hydrogen-bond acceptors (Lipinski definition) is 2. The standard InChI is InChI=1S/C17H19ClO2/c18-16-8-4-7-15(9-16)11-17(12-19,13-20)10-14-5-2-1-3-6-14/h1-9,19-20H,10-13H2. The molecule has 3 heteroatoms. The number of benzene rings is 2. The minimum Gasteiger partial charge on any atom is -0.396 e. The van der Waals surface area contributed by atoms with Crippen LogP contribution >= 0.6 is 11.6 Å². The van der Waals surface area contributed by atoms with E-state index in [0.717, 1.165) is 11.1 Å². The summed E-state index contributed by atoms with van der Waals surface area (Å²) in [5.74, 6) is 0. The second-order valence-corrected chi connectivity index (χ2v) is 5.72. The molecule has 0 aliphatic rings. The van der Waals surface area contributed by atoms with Crippen LogP contribution in [0.5, 0.6) is 0 Å². The topological polar surface area (TPSA) is 40.5 Å². The van der Waals surface area contributed by atoms with Gasteiger partial charge >= 0.3 is 0 Å². The molecule has 0 spiro atoms. The summed E-state index contributed by atoms with van der Waals surface area (Å²) in [7, 11) is 0. The van der Waals surface area contributed by atoms with Crippen molar-refractivity contribution in [3.8, 4) is 0 Å². The fourth-order valence-corrected chi connectivity index (χ4v) is 2.66. The molecule has 0 saturated heterocycles. The largest absolute Gasteiger partial charge is 0.396 e. The van der Waals surface area contributed by atoms with E-state index in [4.69, 9.17) is 11.6 Å². The summed E-state index contributed by atoms with van der Waals surface area (Å²) < 4.78 is 0. The van der Waals surface area contributed by atoms with Gasteiger partial charge in [0.2, 0.25) is 0 Å². The zero-order valence-electron chi connectivity index (χ0n) is 11.3. The van der Waals surface area contributed by atoms with Crippen LogP contribution in [0.4, 0.5) is 0 Å². The lowest BCUT2D eigenvalue weighted by Crippen LogP contribution is -2.34. The van der Waals surface area contributed by atoms with Gasteiger partial charge in [-0.25, -0.2) is 0 Å². The van der Waals surface area contributed by atoms with E-state index < -0.39 is 5.41 Å². The van der Waals surface area contributed by atoms with E-state index in [1.54, 1.807) is 0 Å². The van der Waals surface area contributed by atoms with Crippen LogP contribution in [-0.4, -0.2) is 23.4 Å². The van der Waals surface area contributed by atoms with E-state index in [-0.39, 0.29) is 13.2 Å². The first-order chi connectivity index (χ1) is 9.67. The Hall–Kier alpha value is -1.35. The molecule has 0 bridgehead atoms. The van der Waals surface area contributed by atoms with E-state index >= 15 is 0 Å². The fraction of sp³-hybridized carbons (Fsp3) is 0.294. The molecular weight excluding hydrogens is 272 g/mol. The van der Waals surface area contributed by atoms with Gasteiger partial charge in [-0.1, -0.05) is 54.1 Å². The molecule has 0 fully saturated rings. The molecule has 106 valence electrons. The van der Waals surface area contributed by atoms with Crippen molar-refractivity contribution in [3.63, 3.8) is 0 Å². The molecule has 20 heavy (non-hydrogen) atoms. The maximum Gasteiger partial charge on any atom is 0.0515 e. The Morgan fingerprint density at radius 2 is 1.40 bits per heavy atom. The number of aliphatic hydroxyl groups excluding tert-OH is 2. The van der Waals surface area contributed by atoms with Crippen molar-refractivity contribution in [2.45, 2.75) is 12.8 Å². The summed E-state index contributed by atoms with van der Waals surface area (Å²) in [4.78, 5) is 0. The quantitative estimate of drug-likeness (QED) is 0.858. The molecule has 0 aromatic heterocycles. The first-order valence-corrected chi connectivity index (χ1v) is 7.05. The van der Waals surface area contributed by atoms with E-state index in [9.17, 15) is 10.2 Å². The van der Waals surface area contributed by atoms with Crippen molar-refractivity contribution in [2.24, 2.45) is 5.41 Å². The van der Waals surface area contributed by atoms with Crippen LogP contribution in [0.1, 0.15) is 11.1 Å². The van der Waals surface area contributed by atoms with Gasteiger partial charge in [0.25, 0.3) is 0 Å². The smallest absolute Gasteiger partial charge is 0.0515 e. The Morgan fingerprint density at radius 3 is 2.00 bits per heavy atom. The van der Waals surface area contributed by atoms with Crippen LogP contribution in [-0.2, 0) is 12.8 Å². The third-order valence-corrected chi connectivity index (χ3v) is 3.80. The zero-order valence-corrected chi connectivity index (χ0v) is 12.1. The van der Waals surface area contributed by atoms with Gasteiger partial charge in [0.1, 0.15) is 0 Å². The van der Waals surface area contributed by atoms with E-state index in [1.165, 1.54) is 0 Å². The molecule has 2 rings (SSSR count). The molecular formula is C17H19ClO2. The molecule has 2 N–H and O–H groups in total. The lowest BCUT2D eigenvalue weighted by Gasteiger charge is -2.30. The van der Waals surface area contributed by atoms with E-state index in [1.807, 2.05) is 54.6 Å². The maximum atomic E-state index is 9.78. The van der Waals surface area contributed by atoms with E-state index in [2.05, 4.69) is 0 Å². The number of hydrogen-bond donors (Lipinski definition) is 2. The molecule has 0 aliphatic carbocycles. The van der Waals surface area contributed by atoms with Gasteiger partial charge in [-0.05, 0) is 36.1 Å². The van der Waals surface area contributed by atoms with Crippen molar-refractivity contribution in [2.75, 3.05) is 13.2 Å². The summed E-state index contributed by atoms with van der Waals surface area (Å²) in [6, 6.07) is 17.5. The van der Waals surface area contributed by atoms with Gasteiger partial charge in [-0.15, -0.1) is 0 Å². The fourth-order valence-electron chi connectivity index (χ4n) is 2.44. The number of halogens is 1. The summed E-state index contributed by atoms with van der Waals surface area (Å²) in [5, 5.41) is 20.2. The Kier molecular flexibility index (Phi) is 5.18. The van der Waals surface area contributed by atoms with Crippen molar-refractivity contribution in [1.29, 1.82) is 0 Å². The molecule has 0 unspecified atom stereocenters. The molecule has 2 aromatic rings. The van der Waals surface area contributed by atoms with Crippen LogP contribution in [0, 0.1) is 5.41 Å². The molecule has 0 saturated carbocycles. The Labute approximate surface area is 124 Å². The average molecular weight is 291 g/mol. The lowest BCUT2D eigenvalue weighted by atomic mass is 9.78. The Balaban J connectivity index is 2.21. The summed E-state index contributed by atoms with van der Waals surface area (Å²) in [5.41, 5.74) is 1.57. The highest BCUT2D eigenvalue weighted by molar-refractivity contribution is 6.30. The molecule has 0 atom stereocenters. The molecule has 0 radical (unpaired) electrons. The van der Waals surface area contributed by atoms with Gasteiger partial charge in [0, 0.05) is 10.4 Å². The van der Waals surface area contributed by atoms with Gasteiger partial charge in [0.15, 0.2) is 0 Å². The minimum atomic E-state index is -0.563. The highest BCUT2D eigenvalue weighted by Crippen LogP contribution is 2.28. The first kappa shape index (κ1) is 15.0. The lowest BCUT2D eigenvalue weighted by molar-refractivity contribution is 0.0548. The average Bonchev–Trinajstić information content (AvgIpc) is 2.47. The third kappa shape index (κ3) is 3.83. The Bertz CT molecular complexity index is 536. The van der Waals surface area contributed by atoms with Crippen molar-refractivity contribution >= 4 is 11.6 Å². The second kappa shape index (κ2) is 6.89. The number of aliphatic hydroxyl groups is 2. The van der Waals surface area contributed by atoms with Crippen molar-refractivity contribution in [1.82, 2.24) is 0 Å². The van der Waals surface area contributed by atoms with Crippen LogP contribution in [0.15, 0.2) is 54.6 Å². The summed E-state index contributed by atoms with van der Waals surface area (Å²) in [6.45, 7) is -0.129. The van der Waals surface area contributed by atoms with Crippen molar-refractivity contribution < 1.29 is 10.2 Å². The summed E-state index contributed by atoms with van der Waals surface area (Å²) >= 11 is 6.00. The second-order valence-electron chi connectivity index (χ2n) is 5.29. The molecule has 2 aromatic carbocycles. The highest BCUT2D eigenvalue weighted by atomic mass is 35.5. The predicted molar refractivity (Wildman–Crippen MR) is 81.9 cm³/mol. The van der Waals surface area contributed by atoms with Crippen LogP contribution in [0.25, 0.3) is 0 Å². The first-order valence-electron chi connectivity index (χ1n) is 6.67. The van der Waals surface area contributed by atoms with Gasteiger partial charge in [-0.2, -0.15) is 0 Å².